The molecule has 1 N–H and O–H groups in total. The minimum absolute atomic E-state index is 0.0147. The lowest BCUT2D eigenvalue weighted by Crippen LogP contribution is -2.37. The van der Waals surface area contributed by atoms with Crippen LogP contribution >= 0.6 is 0 Å². The molecule has 2 aliphatic rings. The second-order valence-electron chi connectivity index (χ2n) is 6.39. The van der Waals surface area contributed by atoms with Crippen molar-refractivity contribution in [2.45, 2.75) is 38.8 Å². The molecule has 1 unspecified atom stereocenters. The number of amides is 1. The zero-order chi connectivity index (χ0) is 15.8. The molecule has 0 aliphatic carbocycles. The van der Waals surface area contributed by atoms with E-state index < -0.39 is 0 Å². The summed E-state index contributed by atoms with van der Waals surface area (Å²) in [5, 5.41) is 12.3. The lowest BCUT2D eigenvalue weighted by molar-refractivity contribution is 0.0981. The number of aromatic nitrogens is 4. The first-order valence-electron chi connectivity index (χ1n) is 8.33. The van der Waals surface area contributed by atoms with Gasteiger partial charge in [0.2, 0.25) is 0 Å². The summed E-state index contributed by atoms with van der Waals surface area (Å²) in [5.74, 6) is 0.909. The number of piperidine rings is 1. The van der Waals surface area contributed by atoms with Gasteiger partial charge in [-0.3, -0.25) is 14.4 Å². The van der Waals surface area contributed by atoms with E-state index in [1.165, 1.54) is 0 Å². The number of rotatable bonds is 2. The average Bonchev–Trinajstić information content (AvgIpc) is 3.20. The molecule has 0 saturated carbocycles. The van der Waals surface area contributed by atoms with Gasteiger partial charge in [0.15, 0.2) is 0 Å². The van der Waals surface area contributed by atoms with Crippen molar-refractivity contribution in [3.05, 3.63) is 29.7 Å². The number of anilines is 1. The normalized spacial score (nSPS) is 21.3. The first kappa shape index (κ1) is 14.4. The molecule has 1 amide bonds. The van der Waals surface area contributed by atoms with Gasteiger partial charge in [-0.15, -0.1) is 0 Å². The molecular weight excluding hydrogens is 292 g/mol. The average molecular weight is 314 g/mol. The van der Waals surface area contributed by atoms with Crippen LogP contribution in [0.5, 0.6) is 0 Å². The lowest BCUT2D eigenvalue weighted by atomic mass is 10.1. The van der Waals surface area contributed by atoms with Gasteiger partial charge >= 0.3 is 0 Å². The number of nitrogens with one attached hydrogen (secondary N) is 1. The first-order chi connectivity index (χ1) is 11.2. The number of fused-ring (bicyclic) bond motifs is 1. The molecule has 1 atom stereocenters. The second kappa shape index (κ2) is 5.81. The van der Waals surface area contributed by atoms with Gasteiger partial charge in [0.1, 0.15) is 5.82 Å². The second-order valence-corrected chi connectivity index (χ2v) is 6.39. The van der Waals surface area contributed by atoms with Crippen molar-refractivity contribution in [2.24, 2.45) is 0 Å². The van der Waals surface area contributed by atoms with Crippen LogP contribution in [-0.2, 0) is 6.54 Å². The molecule has 7 nitrogen and oxygen atoms in total. The molecule has 23 heavy (non-hydrogen) atoms. The van der Waals surface area contributed by atoms with Crippen molar-refractivity contribution in [2.75, 3.05) is 24.5 Å². The van der Waals surface area contributed by atoms with Crippen molar-refractivity contribution in [1.29, 1.82) is 0 Å². The van der Waals surface area contributed by atoms with Crippen molar-refractivity contribution in [3.63, 3.8) is 0 Å². The molecule has 2 aliphatic heterocycles. The van der Waals surface area contributed by atoms with Crippen LogP contribution in [0.1, 0.15) is 41.4 Å². The summed E-state index contributed by atoms with van der Waals surface area (Å²) in [6.07, 6.45) is 6.78. The zero-order valence-corrected chi connectivity index (χ0v) is 13.4. The molecule has 122 valence electrons. The minimum atomic E-state index is 0.0147. The van der Waals surface area contributed by atoms with E-state index in [0.29, 0.717) is 11.6 Å². The monoisotopic (exact) mass is 314 g/mol. The Labute approximate surface area is 135 Å². The number of nitrogens with zero attached hydrogens (tertiary/aromatic N) is 5. The smallest absolute Gasteiger partial charge is 0.262 e. The Balaban J connectivity index is 1.57. The highest BCUT2D eigenvalue weighted by molar-refractivity contribution is 6.05. The van der Waals surface area contributed by atoms with E-state index in [-0.39, 0.29) is 5.91 Å². The Morgan fingerprint density at radius 1 is 1.35 bits per heavy atom. The molecule has 4 heterocycles. The summed E-state index contributed by atoms with van der Waals surface area (Å²) in [6, 6.07) is 2.33. The van der Waals surface area contributed by atoms with E-state index in [9.17, 15) is 4.79 Å². The number of carbonyl (C=O) groups excluding carboxylic acids is 1. The van der Waals surface area contributed by atoms with Crippen LogP contribution in [0.4, 0.5) is 5.82 Å². The zero-order valence-electron chi connectivity index (χ0n) is 13.4. The Hall–Kier alpha value is -2.15. The van der Waals surface area contributed by atoms with Gasteiger partial charge in [0, 0.05) is 31.9 Å². The van der Waals surface area contributed by atoms with Crippen molar-refractivity contribution >= 4 is 11.7 Å². The standard InChI is InChI=1S/C16H22N6O/c1-12-8-15-20(6-3-7-21(15)19-12)16(23)13-9-18-22(11-13)14-4-2-5-17-10-14/h8-9,11,14,17H,2-7,10H2,1H3. The van der Waals surface area contributed by atoms with Crippen molar-refractivity contribution in [1.82, 2.24) is 24.9 Å². The summed E-state index contributed by atoms with van der Waals surface area (Å²) < 4.78 is 3.86. The van der Waals surface area contributed by atoms with Crippen LogP contribution in [0.15, 0.2) is 18.5 Å². The van der Waals surface area contributed by atoms with E-state index in [1.54, 1.807) is 6.20 Å². The van der Waals surface area contributed by atoms with Crippen molar-refractivity contribution < 1.29 is 4.79 Å². The largest absolute Gasteiger partial charge is 0.315 e. The molecular formula is C16H22N6O. The van der Waals surface area contributed by atoms with Crippen LogP contribution in [0, 0.1) is 6.92 Å². The van der Waals surface area contributed by atoms with E-state index >= 15 is 0 Å². The van der Waals surface area contributed by atoms with Gasteiger partial charge in [-0.05, 0) is 32.7 Å². The van der Waals surface area contributed by atoms with Crippen LogP contribution in [0.3, 0.4) is 0 Å². The number of carbonyl (C=O) groups is 1. The summed E-state index contributed by atoms with van der Waals surface area (Å²) in [4.78, 5) is 14.7. The fourth-order valence-electron chi connectivity index (χ4n) is 3.48. The van der Waals surface area contributed by atoms with Crippen LogP contribution in [0.2, 0.25) is 0 Å². The van der Waals surface area contributed by atoms with Gasteiger partial charge in [0.05, 0.1) is 23.5 Å². The van der Waals surface area contributed by atoms with Crippen LogP contribution in [0.25, 0.3) is 0 Å². The molecule has 1 saturated heterocycles. The Kier molecular flexibility index (Phi) is 3.65. The third-order valence-corrected chi connectivity index (χ3v) is 4.65. The van der Waals surface area contributed by atoms with Gasteiger partial charge in [-0.25, -0.2) is 4.68 Å². The maximum Gasteiger partial charge on any atom is 0.262 e. The Bertz CT molecular complexity index is 712. The van der Waals surface area contributed by atoms with Gasteiger partial charge in [-0.1, -0.05) is 0 Å². The quantitative estimate of drug-likeness (QED) is 0.909. The fraction of sp³-hybridized carbons (Fsp3) is 0.562. The molecule has 1 fully saturated rings. The third-order valence-electron chi connectivity index (χ3n) is 4.65. The predicted molar refractivity (Wildman–Crippen MR) is 86.6 cm³/mol. The minimum Gasteiger partial charge on any atom is -0.315 e. The first-order valence-corrected chi connectivity index (χ1v) is 8.33. The Morgan fingerprint density at radius 3 is 3.09 bits per heavy atom. The highest BCUT2D eigenvalue weighted by Crippen LogP contribution is 2.24. The highest BCUT2D eigenvalue weighted by Gasteiger charge is 2.26. The predicted octanol–water partition coefficient (Wildman–Crippen LogP) is 1.36. The molecule has 7 heteroatoms. The fourth-order valence-corrected chi connectivity index (χ4v) is 3.48. The van der Waals surface area contributed by atoms with Gasteiger partial charge in [0.25, 0.3) is 5.91 Å². The summed E-state index contributed by atoms with van der Waals surface area (Å²) in [6.45, 7) is 5.56. The van der Waals surface area contributed by atoms with Crippen LogP contribution in [-0.4, -0.2) is 45.1 Å². The maximum atomic E-state index is 12.9. The summed E-state index contributed by atoms with van der Waals surface area (Å²) in [5.41, 5.74) is 1.60. The van der Waals surface area contributed by atoms with E-state index in [4.69, 9.17) is 0 Å². The van der Waals surface area contributed by atoms with Gasteiger partial charge < -0.3 is 5.32 Å². The topological polar surface area (TPSA) is 68.0 Å². The summed E-state index contributed by atoms with van der Waals surface area (Å²) in [7, 11) is 0. The lowest BCUT2D eigenvalue weighted by Gasteiger charge is -2.27. The highest BCUT2D eigenvalue weighted by atomic mass is 16.2. The van der Waals surface area contributed by atoms with E-state index in [0.717, 1.165) is 57.0 Å². The number of hydrogen-bond acceptors (Lipinski definition) is 4. The van der Waals surface area contributed by atoms with Crippen molar-refractivity contribution in [3.8, 4) is 0 Å². The molecule has 0 spiro atoms. The Morgan fingerprint density at radius 2 is 2.26 bits per heavy atom. The summed E-state index contributed by atoms with van der Waals surface area (Å²) >= 11 is 0. The van der Waals surface area contributed by atoms with E-state index in [2.05, 4.69) is 15.5 Å². The van der Waals surface area contributed by atoms with Crippen LogP contribution < -0.4 is 10.2 Å². The third kappa shape index (κ3) is 2.65. The molecule has 0 aromatic carbocycles. The molecule has 0 radical (unpaired) electrons. The SMILES string of the molecule is Cc1cc2n(n1)CCCN2C(=O)c1cnn(C2CCCNC2)c1. The number of aryl methyl sites for hydroxylation is 2. The number of hydrogen-bond donors (Lipinski definition) is 1. The molecule has 0 bridgehead atoms. The van der Waals surface area contributed by atoms with Gasteiger partial charge in [-0.2, -0.15) is 10.2 Å². The molecule has 2 aromatic rings. The van der Waals surface area contributed by atoms with E-state index in [1.807, 2.05) is 33.5 Å². The maximum absolute atomic E-state index is 12.9. The molecule has 2 aromatic heterocycles. The molecule has 4 rings (SSSR count).